The Morgan fingerprint density at radius 2 is 2.40 bits per heavy atom. The van der Waals surface area contributed by atoms with Crippen molar-refractivity contribution < 1.29 is 9.90 Å². The van der Waals surface area contributed by atoms with Crippen LogP contribution < -0.4 is 0 Å². The van der Waals surface area contributed by atoms with Crippen molar-refractivity contribution in [1.82, 2.24) is 0 Å². The summed E-state index contributed by atoms with van der Waals surface area (Å²) in [6, 6.07) is 0. The molecular weight excluding hydrogens is 192 g/mol. The van der Waals surface area contributed by atoms with Gasteiger partial charge in [-0.05, 0) is 6.42 Å². The summed E-state index contributed by atoms with van der Waals surface area (Å²) in [4.78, 5) is 14.1. The lowest BCUT2D eigenvalue weighted by Crippen LogP contribution is -2.28. The molecule has 0 aromatic rings. The van der Waals surface area contributed by atoms with Crippen molar-refractivity contribution in [1.29, 1.82) is 5.39 Å². The summed E-state index contributed by atoms with van der Waals surface area (Å²) in [6.07, 6.45) is 2.90. The molecule has 0 saturated heterocycles. The van der Waals surface area contributed by atoms with Gasteiger partial charge in [0, 0.05) is 24.7 Å². The summed E-state index contributed by atoms with van der Waals surface area (Å²) in [5.74, 6) is 0.162. The number of Topliss-reactive ketones (excluding diaryl/α,β-unsaturated/α-hetero) is 1. The first kappa shape index (κ1) is 11.4. The van der Waals surface area contributed by atoms with Crippen LogP contribution in [0.4, 0.5) is 0 Å². The summed E-state index contributed by atoms with van der Waals surface area (Å²) < 4.78 is 0. The number of nitrogens with zero attached hydrogens (tertiary/aromatic N) is 2. The first-order chi connectivity index (χ1) is 6.98. The SMILES string of the molecule is C=C1CCC(=O)CC1(C)C/C(O)=C\[N+]#N. The molecule has 0 aromatic carbocycles. The van der Waals surface area contributed by atoms with Crippen molar-refractivity contribution >= 4 is 5.78 Å². The highest BCUT2D eigenvalue weighted by Crippen LogP contribution is 2.42. The number of carbonyl (C=O) groups excluding carboxylic acids is 1. The largest absolute Gasteiger partial charge is 0.505 e. The zero-order chi connectivity index (χ0) is 11.5. The van der Waals surface area contributed by atoms with E-state index in [1.807, 2.05) is 6.92 Å². The van der Waals surface area contributed by atoms with Crippen molar-refractivity contribution in [3.8, 4) is 0 Å². The molecule has 1 fully saturated rings. The third-order valence-corrected chi connectivity index (χ3v) is 2.92. The summed E-state index contributed by atoms with van der Waals surface area (Å²) in [5, 5.41) is 17.7. The van der Waals surface area contributed by atoms with Crippen LogP contribution in [0.15, 0.2) is 24.1 Å². The summed E-state index contributed by atoms with van der Waals surface area (Å²) >= 11 is 0. The van der Waals surface area contributed by atoms with E-state index in [0.717, 1.165) is 11.8 Å². The van der Waals surface area contributed by atoms with Gasteiger partial charge in [0.2, 0.25) is 5.39 Å². The number of hydrogen-bond acceptors (Lipinski definition) is 3. The molecule has 4 nitrogen and oxygen atoms in total. The molecule has 0 radical (unpaired) electrons. The number of aliphatic hydroxyl groups is 1. The monoisotopic (exact) mass is 207 g/mol. The molecule has 0 amide bonds. The molecule has 4 heteroatoms. The topological polar surface area (TPSA) is 65.4 Å². The van der Waals surface area contributed by atoms with Crippen molar-refractivity contribution in [2.75, 3.05) is 0 Å². The minimum absolute atomic E-state index is 0.0316. The fourth-order valence-electron chi connectivity index (χ4n) is 1.94. The molecule has 1 aliphatic carbocycles. The molecule has 0 aromatic heterocycles. The predicted octanol–water partition coefficient (Wildman–Crippen LogP) is 2.94. The van der Waals surface area contributed by atoms with E-state index >= 15 is 0 Å². The molecule has 0 spiro atoms. The fourth-order valence-corrected chi connectivity index (χ4v) is 1.94. The Labute approximate surface area is 88.9 Å². The third kappa shape index (κ3) is 2.66. The van der Waals surface area contributed by atoms with Crippen LogP contribution in [0.1, 0.15) is 32.6 Å². The van der Waals surface area contributed by atoms with Gasteiger partial charge in [-0.3, -0.25) is 4.79 Å². The average Bonchev–Trinajstić information content (AvgIpc) is 2.12. The van der Waals surface area contributed by atoms with Gasteiger partial charge in [-0.15, -0.1) is 0 Å². The van der Waals surface area contributed by atoms with Gasteiger partial charge in [0.05, 0.1) is 0 Å². The van der Waals surface area contributed by atoms with E-state index in [-0.39, 0.29) is 11.5 Å². The van der Waals surface area contributed by atoms with Crippen molar-refractivity contribution in [2.45, 2.75) is 32.6 Å². The smallest absolute Gasteiger partial charge is 0.387 e. The Morgan fingerprint density at radius 1 is 1.73 bits per heavy atom. The van der Waals surface area contributed by atoms with E-state index in [2.05, 4.69) is 11.6 Å². The van der Waals surface area contributed by atoms with Crippen LogP contribution in [-0.2, 0) is 4.79 Å². The second-order valence-corrected chi connectivity index (χ2v) is 4.29. The molecule has 0 heterocycles. The van der Waals surface area contributed by atoms with Gasteiger partial charge in [0.15, 0.2) is 10.7 Å². The Bertz CT molecular complexity index is 365. The molecule has 1 aliphatic rings. The van der Waals surface area contributed by atoms with E-state index in [1.165, 1.54) is 0 Å². The Balaban J connectivity index is 2.80. The maximum Gasteiger partial charge on any atom is 0.387 e. The van der Waals surface area contributed by atoms with Crippen LogP contribution in [-0.4, -0.2) is 10.9 Å². The average molecular weight is 207 g/mol. The molecule has 0 aliphatic heterocycles. The molecule has 15 heavy (non-hydrogen) atoms. The van der Waals surface area contributed by atoms with Crippen LogP contribution in [0.2, 0.25) is 0 Å². The van der Waals surface area contributed by atoms with Crippen LogP contribution >= 0.6 is 0 Å². The molecule has 80 valence electrons. The number of rotatable bonds is 2. The van der Waals surface area contributed by atoms with E-state index < -0.39 is 5.41 Å². The molecule has 1 unspecified atom stereocenters. The summed E-state index contributed by atoms with van der Waals surface area (Å²) in [5.41, 5.74) is 0.570. The van der Waals surface area contributed by atoms with Crippen molar-refractivity contribution in [3.63, 3.8) is 0 Å². The standard InChI is InChI=1S/C11H14N2O2/c1-8-3-4-9(14)5-11(8,2)6-10(15)7-13-12/h7H,1,3-6H2,2H3/p+1/b10-7+. The van der Waals surface area contributed by atoms with Crippen LogP contribution in [0.5, 0.6) is 0 Å². The number of aliphatic hydroxyl groups excluding tert-OH is 1. The second-order valence-electron chi connectivity index (χ2n) is 4.29. The second kappa shape index (κ2) is 4.26. The van der Waals surface area contributed by atoms with Gasteiger partial charge >= 0.3 is 6.20 Å². The van der Waals surface area contributed by atoms with E-state index in [1.54, 1.807) is 0 Å². The maximum atomic E-state index is 11.3. The highest BCUT2D eigenvalue weighted by molar-refractivity contribution is 5.81. The first-order valence-corrected chi connectivity index (χ1v) is 4.90. The molecule has 1 N–H and O–H groups in total. The zero-order valence-corrected chi connectivity index (χ0v) is 8.86. The van der Waals surface area contributed by atoms with Gasteiger partial charge < -0.3 is 5.11 Å². The maximum absolute atomic E-state index is 11.3. The molecular formula is C11H15N2O2+. The lowest BCUT2D eigenvalue weighted by atomic mass is 9.69. The van der Waals surface area contributed by atoms with Gasteiger partial charge in [-0.2, -0.15) is 0 Å². The minimum atomic E-state index is -0.402. The normalized spacial score (nSPS) is 27.6. The van der Waals surface area contributed by atoms with E-state index in [0.29, 0.717) is 25.7 Å². The minimum Gasteiger partial charge on any atom is -0.505 e. The van der Waals surface area contributed by atoms with Crippen LogP contribution in [0, 0.1) is 10.8 Å². The van der Waals surface area contributed by atoms with Gasteiger partial charge in [-0.1, -0.05) is 19.1 Å². The Morgan fingerprint density at radius 3 is 3.00 bits per heavy atom. The van der Waals surface area contributed by atoms with Gasteiger partial charge in [0.25, 0.3) is 0 Å². The van der Waals surface area contributed by atoms with E-state index in [4.69, 9.17) is 5.39 Å². The predicted molar refractivity (Wildman–Crippen MR) is 56.5 cm³/mol. The highest BCUT2D eigenvalue weighted by Gasteiger charge is 2.35. The molecule has 0 bridgehead atoms. The number of ketones is 1. The molecule has 1 saturated carbocycles. The summed E-state index contributed by atoms with van der Waals surface area (Å²) in [7, 11) is 0. The number of hydrogen-bond donors (Lipinski definition) is 1. The van der Waals surface area contributed by atoms with Gasteiger partial charge in [-0.25, -0.2) is 0 Å². The Kier molecular flexibility index (Phi) is 3.25. The highest BCUT2D eigenvalue weighted by atomic mass is 16.3. The number of allylic oxidation sites excluding steroid dienone is 2. The van der Waals surface area contributed by atoms with Crippen LogP contribution in [0.25, 0.3) is 4.98 Å². The lowest BCUT2D eigenvalue weighted by molar-refractivity contribution is -0.121. The molecule has 1 atom stereocenters. The quantitative estimate of drug-likeness (QED) is 0.430. The van der Waals surface area contributed by atoms with Gasteiger partial charge in [0.1, 0.15) is 5.78 Å². The first-order valence-electron chi connectivity index (χ1n) is 4.90. The van der Waals surface area contributed by atoms with E-state index in [9.17, 15) is 9.90 Å². The summed E-state index contributed by atoms with van der Waals surface area (Å²) in [6.45, 7) is 5.83. The molecule has 1 rings (SSSR count). The van der Waals surface area contributed by atoms with Crippen LogP contribution in [0.3, 0.4) is 0 Å². The third-order valence-electron chi connectivity index (χ3n) is 2.92. The Hall–Kier alpha value is -1.63. The number of carbonyl (C=O) groups is 1. The fraction of sp³-hybridized carbons (Fsp3) is 0.545. The van der Waals surface area contributed by atoms with Crippen molar-refractivity contribution in [2.24, 2.45) is 5.41 Å². The zero-order valence-electron chi connectivity index (χ0n) is 8.86. The number of diazo groups is 1. The lowest BCUT2D eigenvalue weighted by Gasteiger charge is -2.34. The van der Waals surface area contributed by atoms with Crippen molar-refractivity contribution in [3.05, 3.63) is 29.1 Å².